The highest BCUT2D eigenvalue weighted by molar-refractivity contribution is 5.72. The van der Waals surface area contributed by atoms with Crippen LogP contribution in [0.2, 0.25) is 0 Å². The highest BCUT2D eigenvalue weighted by atomic mass is 19.3. The molecule has 0 aromatic carbocycles. The first-order valence-corrected chi connectivity index (χ1v) is 3.21. The van der Waals surface area contributed by atoms with Crippen molar-refractivity contribution in [3.63, 3.8) is 0 Å². The molecule has 0 spiro atoms. The SMILES string of the molecule is CCC(CO)C(=O)OC(F)F. The lowest BCUT2D eigenvalue weighted by Gasteiger charge is -2.09. The molecule has 0 aromatic rings. The summed E-state index contributed by atoms with van der Waals surface area (Å²) in [6.07, 6.45) is 0.294. The molecule has 11 heavy (non-hydrogen) atoms. The molecule has 5 heteroatoms. The number of carbonyl (C=O) groups is 1. The third-order valence-corrected chi connectivity index (χ3v) is 1.25. The van der Waals surface area contributed by atoms with Crippen LogP contribution < -0.4 is 0 Å². The molecule has 1 N–H and O–H groups in total. The van der Waals surface area contributed by atoms with Crippen LogP contribution in [0.15, 0.2) is 0 Å². The van der Waals surface area contributed by atoms with Gasteiger partial charge in [-0.25, -0.2) is 0 Å². The molecule has 0 amide bonds. The van der Waals surface area contributed by atoms with Crippen molar-refractivity contribution in [2.45, 2.75) is 20.0 Å². The Hall–Kier alpha value is -0.710. The number of esters is 1. The van der Waals surface area contributed by atoms with Crippen molar-refractivity contribution < 1.29 is 23.4 Å². The fourth-order valence-electron chi connectivity index (χ4n) is 0.554. The van der Waals surface area contributed by atoms with Crippen LogP contribution in [0, 0.1) is 5.92 Å². The van der Waals surface area contributed by atoms with Crippen molar-refractivity contribution in [2.75, 3.05) is 6.61 Å². The fourth-order valence-corrected chi connectivity index (χ4v) is 0.554. The van der Waals surface area contributed by atoms with Gasteiger partial charge >= 0.3 is 12.6 Å². The topological polar surface area (TPSA) is 46.5 Å². The Kier molecular flexibility index (Phi) is 4.69. The van der Waals surface area contributed by atoms with Gasteiger partial charge in [-0.2, -0.15) is 8.78 Å². The number of hydrogen-bond acceptors (Lipinski definition) is 3. The van der Waals surface area contributed by atoms with Crippen LogP contribution in [-0.4, -0.2) is 24.3 Å². The van der Waals surface area contributed by atoms with Gasteiger partial charge in [-0.05, 0) is 6.42 Å². The maximum Gasteiger partial charge on any atom is 0.389 e. The Morgan fingerprint density at radius 2 is 2.18 bits per heavy atom. The first-order chi connectivity index (χ1) is 5.11. The van der Waals surface area contributed by atoms with Gasteiger partial charge in [-0.3, -0.25) is 4.79 Å². The van der Waals surface area contributed by atoms with E-state index in [4.69, 9.17) is 5.11 Å². The van der Waals surface area contributed by atoms with Gasteiger partial charge in [-0.15, -0.1) is 0 Å². The van der Waals surface area contributed by atoms with Crippen LogP contribution in [0.1, 0.15) is 13.3 Å². The van der Waals surface area contributed by atoms with E-state index in [1.54, 1.807) is 6.92 Å². The van der Waals surface area contributed by atoms with Crippen molar-refractivity contribution in [3.05, 3.63) is 0 Å². The van der Waals surface area contributed by atoms with E-state index in [0.29, 0.717) is 6.42 Å². The lowest BCUT2D eigenvalue weighted by atomic mass is 10.1. The van der Waals surface area contributed by atoms with Crippen LogP contribution in [-0.2, 0) is 9.53 Å². The molecule has 0 aliphatic heterocycles. The van der Waals surface area contributed by atoms with Crippen molar-refractivity contribution in [1.29, 1.82) is 0 Å². The second-order valence-corrected chi connectivity index (χ2v) is 1.99. The summed E-state index contributed by atoms with van der Waals surface area (Å²) >= 11 is 0. The van der Waals surface area contributed by atoms with Crippen LogP contribution >= 0.6 is 0 Å². The number of ether oxygens (including phenoxy) is 1. The fraction of sp³-hybridized carbons (Fsp3) is 0.833. The maximum atomic E-state index is 11.4. The zero-order valence-electron chi connectivity index (χ0n) is 6.09. The van der Waals surface area contributed by atoms with Crippen molar-refractivity contribution in [1.82, 2.24) is 0 Å². The Labute approximate surface area is 63.0 Å². The summed E-state index contributed by atoms with van der Waals surface area (Å²) in [6, 6.07) is 0. The zero-order valence-corrected chi connectivity index (χ0v) is 6.09. The first-order valence-electron chi connectivity index (χ1n) is 3.21. The molecule has 0 saturated carbocycles. The summed E-state index contributed by atoms with van der Waals surface area (Å²) in [5, 5.41) is 8.46. The van der Waals surface area contributed by atoms with E-state index in [1.165, 1.54) is 0 Å². The molecule has 0 fully saturated rings. The monoisotopic (exact) mass is 168 g/mol. The van der Waals surface area contributed by atoms with Gasteiger partial charge in [-0.1, -0.05) is 6.92 Å². The van der Waals surface area contributed by atoms with Crippen LogP contribution in [0.5, 0.6) is 0 Å². The van der Waals surface area contributed by atoms with Gasteiger partial charge in [0.05, 0.1) is 12.5 Å². The van der Waals surface area contributed by atoms with Gasteiger partial charge in [0.1, 0.15) is 0 Å². The van der Waals surface area contributed by atoms with Gasteiger partial charge in [0.25, 0.3) is 0 Å². The number of halogens is 2. The van der Waals surface area contributed by atoms with E-state index in [1.807, 2.05) is 0 Å². The molecule has 0 heterocycles. The third-order valence-electron chi connectivity index (χ3n) is 1.25. The normalized spacial score (nSPS) is 13.2. The molecule has 0 bridgehead atoms. The standard InChI is InChI=1S/C6H10F2O3/c1-2-4(3-9)5(10)11-6(7)8/h4,6,9H,2-3H2,1H3. The lowest BCUT2D eigenvalue weighted by molar-refractivity contribution is -0.182. The van der Waals surface area contributed by atoms with E-state index >= 15 is 0 Å². The molecule has 0 aliphatic rings. The molecular weight excluding hydrogens is 158 g/mol. The second-order valence-electron chi connectivity index (χ2n) is 1.99. The molecule has 0 radical (unpaired) electrons. The summed E-state index contributed by atoms with van der Waals surface area (Å²) in [5.41, 5.74) is 0. The lowest BCUT2D eigenvalue weighted by Crippen LogP contribution is -2.22. The maximum absolute atomic E-state index is 11.4. The largest absolute Gasteiger partial charge is 0.403 e. The molecule has 3 nitrogen and oxygen atoms in total. The van der Waals surface area contributed by atoms with E-state index in [0.717, 1.165) is 0 Å². The van der Waals surface area contributed by atoms with Crippen LogP contribution in [0.25, 0.3) is 0 Å². The number of rotatable bonds is 4. The second kappa shape index (κ2) is 5.01. The summed E-state index contributed by atoms with van der Waals surface area (Å²) < 4.78 is 26.3. The molecule has 0 aromatic heterocycles. The smallest absolute Gasteiger partial charge is 0.389 e. The van der Waals surface area contributed by atoms with Gasteiger partial charge in [0.2, 0.25) is 0 Å². The molecule has 1 unspecified atom stereocenters. The van der Waals surface area contributed by atoms with E-state index in [-0.39, 0.29) is 0 Å². The average Bonchev–Trinajstić information content (AvgIpc) is 1.88. The summed E-state index contributed by atoms with van der Waals surface area (Å²) in [6.45, 7) is -1.95. The van der Waals surface area contributed by atoms with Crippen molar-refractivity contribution >= 4 is 5.97 Å². The zero-order chi connectivity index (χ0) is 8.85. The number of carbonyl (C=O) groups excluding carboxylic acids is 1. The molecule has 1 atom stereocenters. The third kappa shape index (κ3) is 3.87. The highest BCUT2D eigenvalue weighted by Crippen LogP contribution is 2.07. The highest BCUT2D eigenvalue weighted by Gasteiger charge is 2.20. The van der Waals surface area contributed by atoms with Gasteiger partial charge in [0, 0.05) is 0 Å². The summed E-state index contributed by atoms with van der Waals surface area (Å²) in [7, 11) is 0. The Morgan fingerprint density at radius 3 is 2.45 bits per heavy atom. The van der Waals surface area contributed by atoms with Crippen molar-refractivity contribution in [2.24, 2.45) is 5.92 Å². The van der Waals surface area contributed by atoms with E-state index < -0.39 is 25.1 Å². The van der Waals surface area contributed by atoms with Crippen LogP contribution in [0.3, 0.4) is 0 Å². The average molecular weight is 168 g/mol. The number of hydrogen-bond donors (Lipinski definition) is 1. The summed E-state index contributed by atoms with van der Waals surface area (Å²) in [5.74, 6) is -1.88. The molecular formula is C6H10F2O3. The number of aliphatic hydroxyl groups is 1. The molecule has 66 valence electrons. The minimum atomic E-state index is -3.09. The van der Waals surface area contributed by atoms with Gasteiger partial charge in [0.15, 0.2) is 0 Å². The molecule has 0 rings (SSSR count). The predicted octanol–water partition coefficient (Wildman–Crippen LogP) is 0.771. The Morgan fingerprint density at radius 1 is 1.64 bits per heavy atom. The minimum Gasteiger partial charge on any atom is -0.403 e. The number of aliphatic hydroxyl groups excluding tert-OH is 1. The minimum absolute atomic E-state index is 0.294. The van der Waals surface area contributed by atoms with Gasteiger partial charge < -0.3 is 9.84 Å². The molecule has 0 aliphatic carbocycles. The first kappa shape index (κ1) is 10.3. The van der Waals surface area contributed by atoms with Crippen molar-refractivity contribution in [3.8, 4) is 0 Å². The quantitative estimate of drug-likeness (QED) is 0.630. The number of alkyl halides is 2. The van der Waals surface area contributed by atoms with E-state index in [2.05, 4.69) is 4.74 Å². The predicted molar refractivity (Wildman–Crippen MR) is 33.0 cm³/mol. The molecule has 0 saturated heterocycles. The van der Waals surface area contributed by atoms with Crippen LogP contribution in [0.4, 0.5) is 8.78 Å². The van der Waals surface area contributed by atoms with E-state index in [9.17, 15) is 13.6 Å². The Bertz CT molecular complexity index is 123. The summed E-state index contributed by atoms with van der Waals surface area (Å²) in [4.78, 5) is 10.6. The Balaban J connectivity index is 3.79.